The largest absolute Gasteiger partial charge is 0.343 e. The van der Waals surface area contributed by atoms with E-state index in [2.05, 4.69) is 5.32 Å². The number of benzene rings is 2. The number of hydrogen-bond donors (Lipinski definition) is 1. The molecule has 0 saturated heterocycles. The van der Waals surface area contributed by atoms with E-state index in [1.54, 1.807) is 13.1 Å². The smallest absolute Gasteiger partial charge is 0.254 e. The number of carbonyl (C=O) groups excluding carboxylic acids is 2. The first-order valence-corrected chi connectivity index (χ1v) is 6.88. The van der Waals surface area contributed by atoms with Crippen LogP contribution < -0.4 is 5.32 Å². The molecule has 2 aromatic carbocycles. The topological polar surface area (TPSA) is 49.4 Å². The molecule has 0 aromatic heterocycles. The maximum absolute atomic E-state index is 13.5. The number of likely N-dealkylation sites (N-methyl/N-ethyl adjacent to an activating group) is 1. The normalized spacial score (nSPS) is 10.1. The lowest BCUT2D eigenvalue weighted by atomic mass is 10.2. The minimum atomic E-state index is -0.606. The molecule has 22 heavy (non-hydrogen) atoms. The second-order valence-corrected chi connectivity index (χ2v) is 4.90. The van der Waals surface area contributed by atoms with E-state index in [0.717, 1.165) is 5.56 Å². The first-order valence-electron chi connectivity index (χ1n) is 6.88. The molecule has 2 rings (SSSR count). The summed E-state index contributed by atoms with van der Waals surface area (Å²) in [6, 6.07) is 15.2. The van der Waals surface area contributed by atoms with Gasteiger partial charge < -0.3 is 10.2 Å². The van der Waals surface area contributed by atoms with E-state index in [1.165, 1.54) is 23.1 Å². The molecule has 2 amide bonds. The van der Waals surface area contributed by atoms with Crippen LogP contribution in [-0.4, -0.2) is 30.3 Å². The summed E-state index contributed by atoms with van der Waals surface area (Å²) in [6.45, 7) is 0.283. The van der Waals surface area contributed by atoms with Gasteiger partial charge in [0.1, 0.15) is 5.82 Å². The van der Waals surface area contributed by atoms with Gasteiger partial charge in [-0.1, -0.05) is 42.5 Å². The van der Waals surface area contributed by atoms with Crippen molar-refractivity contribution in [3.8, 4) is 0 Å². The van der Waals surface area contributed by atoms with Crippen molar-refractivity contribution in [2.24, 2.45) is 0 Å². The molecule has 0 atom stereocenters. The molecule has 0 spiro atoms. The molecule has 5 heteroatoms. The second kappa shape index (κ2) is 7.36. The Labute approximate surface area is 128 Å². The number of nitrogens with one attached hydrogen (secondary N) is 1. The van der Waals surface area contributed by atoms with E-state index in [1.807, 2.05) is 30.3 Å². The average Bonchev–Trinajstić information content (AvgIpc) is 2.53. The summed E-state index contributed by atoms with van der Waals surface area (Å²) in [5.74, 6) is -1.45. The third-order valence-corrected chi connectivity index (χ3v) is 3.21. The molecule has 0 bridgehead atoms. The van der Waals surface area contributed by atoms with Crippen LogP contribution in [0.5, 0.6) is 0 Å². The van der Waals surface area contributed by atoms with E-state index in [4.69, 9.17) is 0 Å². The van der Waals surface area contributed by atoms with Crippen LogP contribution in [0.1, 0.15) is 15.9 Å². The lowest BCUT2D eigenvalue weighted by Gasteiger charge is -2.17. The Morgan fingerprint density at radius 3 is 2.36 bits per heavy atom. The first-order chi connectivity index (χ1) is 10.6. The summed E-state index contributed by atoms with van der Waals surface area (Å²) in [5.41, 5.74) is 0.930. The zero-order valence-corrected chi connectivity index (χ0v) is 12.3. The standard InChI is InChI=1S/C17H17FN2O2/c1-20(12-13-7-3-2-4-8-13)16(21)11-19-17(22)14-9-5-6-10-15(14)18/h2-10H,11-12H2,1H3,(H,19,22). The van der Waals surface area contributed by atoms with Crippen molar-refractivity contribution >= 4 is 11.8 Å². The molecule has 4 nitrogen and oxygen atoms in total. The molecule has 2 aromatic rings. The summed E-state index contributed by atoms with van der Waals surface area (Å²) in [4.78, 5) is 25.3. The van der Waals surface area contributed by atoms with Gasteiger partial charge in [0.05, 0.1) is 12.1 Å². The third-order valence-electron chi connectivity index (χ3n) is 3.21. The molecule has 0 aliphatic heterocycles. The van der Waals surface area contributed by atoms with Gasteiger partial charge in [-0.3, -0.25) is 9.59 Å². The number of nitrogens with zero attached hydrogens (tertiary/aromatic N) is 1. The Balaban J connectivity index is 1.87. The molecule has 0 unspecified atom stereocenters. The highest BCUT2D eigenvalue weighted by Gasteiger charge is 2.14. The van der Waals surface area contributed by atoms with E-state index in [0.29, 0.717) is 6.54 Å². The molecular weight excluding hydrogens is 283 g/mol. The number of hydrogen-bond acceptors (Lipinski definition) is 2. The van der Waals surface area contributed by atoms with Gasteiger partial charge in [0.15, 0.2) is 0 Å². The van der Waals surface area contributed by atoms with Gasteiger partial charge in [-0.25, -0.2) is 4.39 Å². The van der Waals surface area contributed by atoms with Crippen LogP contribution in [0, 0.1) is 5.82 Å². The lowest BCUT2D eigenvalue weighted by molar-refractivity contribution is -0.129. The van der Waals surface area contributed by atoms with Crippen molar-refractivity contribution in [3.05, 3.63) is 71.5 Å². The van der Waals surface area contributed by atoms with Crippen molar-refractivity contribution in [2.45, 2.75) is 6.54 Å². The van der Waals surface area contributed by atoms with Gasteiger partial charge in [-0.2, -0.15) is 0 Å². The highest BCUT2D eigenvalue weighted by Crippen LogP contribution is 2.06. The van der Waals surface area contributed by atoms with Crippen molar-refractivity contribution in [1.82, 2.24) is 10.2 Å². The van der Waals surface area contributed by atoms with Gasteiger partial charge in [-0.15, -0.1) is 0 Å². The zero-order valence-electron chi connectivity index (χ0n) is 12.3. The van der Waals surface area contributed by atoms with E-state index >= 15 is 0 Å². The maximum Gasteiger partial charge on any atom is 0.254 e. The Kier molecular flexibility index (Phi) is 5.25. The molecule has 0 saturated carbocycles. The van der Waals surface area contributed by atoms with E-state index in [9.17, 15) is 14.0 Å². The Morgan fingerprint density at radius 2 is 1.68 bits per heavy atom. The number of rotatable bonds is 5. The molecule has 0 aliphatic carbocycles. The fourth-order valence-corrected chi connectivity index (χ4v) is 1.98. The third kappa shape index (κ3) is 4.15. The van der Waals surface area contributed by atoms with E-state index < -0.39 is 11.7 Å². The molecule has 0 radical (unpaired) electrons. The van der Waals surface area contributed by atoms with Crippen LogP contribution in [0.2, 0.25) is 0 Å². The van der Waals surface area contributed by atoms with Gasteiger partial charge >= 0.3 is 0 Å². The van der Waals surface area contributed by atoms with Crippen LogP contribution in [0.4, 0.5) is 4.39 Å². The minimum Gasteiger partial charge on any atom is -0.343 e. The quantitative estimate of drug-likeness (QED) is 0.920. The van der Waals surface area contributed by atoms with Crippen molar-refractivity contribution in [3.63, 3.8) is 0 Å². The summed E-state index contributed by atoms with van der Waals surface area (Å²) in [6.07, 6.45) is 0. The fraction of sp³-hybridized carbons (Fsp3) is 0.176. The molecule has 0 fully saturated rings. The van der Waals surface area contributed by atoms with Gasteiger partial charge in [0.2, 0.25) is 5.91 Å². The minimum absolute atomic E-state index is 0.0685. The Morgan fingerprint density at radius 1 is 1.05 bits per heavy atom. The zero-order chi connectivity index (χ0) is 15.9. The lowest BCUT2D eigenvalue weighted by Crippen LogP contribution is -2.38. The monoisotopic (exact) mass is 300 g/mol. The van der Waals surface area contributed by atoms with Crippen molar-refractivity contribution in [2.75, 3.05) is 13.6 Å². The summed E-state index contributed by atoms with van der Waals surface area (Å²) < 4.78 is 13.5. The van der Waals surface area contributed by atoms with Crippen molar-refractivity contribution < 1.29 is 14.0 Å². The maximum atomic E-state index is 13.5. The number of carbonyl (C=O) groups is 2. The number of amides is 2. The predicted molar refractivity (Wildman–Crippen MR) is 81.6 cm³/mol. The summed E-state index contributed by atoms with van der Waals surface area (Å²) in [5, 5.41) is 2.44. The van der Waals surface area contributed by atoms with Crippen LogP contribution in [0.15, 0.2) is 54.6 Å². The first kappa shape index (κ1) is 15.7. The SMILES string of the molecule is CN(Cc1ccccc1)C(=O)CNC(=O)c1ccccc1F. The van der Waals surface area contributed by atoms with Crippen LogP contribution in [0.3, 0.4) is 0 Å². The molecular formula is C17H17FN2O2. The molecule has 114 valence electrons. The molecule has 1 N–H and O–H groups in total. The van der Waals surface area contributed by atoms with Crippen LogP contribution in [0.25, 0.3) is 0 Å². The van der Waals surface area contributed by atoms with Gasteiger partial charge in [-0.05, 0) is 17.7 Å². The molecule has 0 aliphatic rings. The Bertz CT molecular complexity index is 659. The van der Waals surface area contributed by atoms with Crippen molar-refractivity contribution in [1.29, 1.82) is 0 Å². The van der Waals surface area contributed by atoms with Gasteiger partial charge in [0, 0.05) is 13.6 Å². The highest BCUT2D eigenvalue weighted by atomic mass is 19.1. The second-order valence-electron chi connectivity index (χ2n) is 4.90. The molecule has 0 heterocycles. The van der Waals surface area contributed by atoms with Crippen LogP contribution >= 0.6 is 0 Å². The summed E-state index contributed by atoms with van der Waals surface area (Å²) in [7, 11) is 1.66. The van der Waals surface area contributed by atoms with E-state index in [-0.39, 0.29) is 18.0 Å². The van der Waals surface area contributed by atoms with Gasteiger partial charge in [0.25, 0.3) is 5.91 Å². The Hall–Kier alpha value is -2.69. The van der Waals surface area contributed by atoms with Crippen LogP contribution in [-0.2, 0) is 11.3 Å². The number of halogens is 1. The fourth-order valence-electron chi connectivity index (χ4n) is 1.98. The predicted octanol–water partition coefficient (Wildman–Crippen LogP) is 2.21. The average molecular weight is 300 g/mol. The highest BCUT2D eigenvalue weighted by molar-refractivity contribution is 5.96. The summed E-state index contributed by atoms with van der Waals surface area (Å²) >= 11 is 0.